The van der Waals surface area contributed by atoms with Gasteiger partial charge < -0.3 is 18.2 Å². The Morgan fingerprint density at radius 1 is 0.354 bits per heavy atom. The summed E-state index contributed by atoms with van der Waals surface area (Å²) in [6, 6.07) is 54.1. The highest BCUT2D eigenvalue weighted by Gasteiger charge is 2.17. The summed E-state index contributed by atoms with van der Waals surface area (Å²) in [6.07, 6.45) is 0. The van der Waals surface area contributed by atoms with Gasteiger partial charge in [-0.15, -0.1) is 0 Å². The van der Waals surface area contributed by atoms with E-state index < -0.39 is 0 Å². The standard InChI is InChI=1S/C43H26N2O3/c1-3-9-28(10-4-1)43-44-37-25-36-34-23-29(17-21-39(34)47-41(36)26-42(37)48-43)27-15-18-31(19-16-27)45(30-11-5-2-6-12-30)32-20-22-40-35(24-32)33-13-7-8-14-38(33)46-40/h1-26H. The molecule has 0 spiro atoms. The van der Waals surface area contributed by atoms with Crippen molar-refractivity contribution in [2.45, 2.75) is 0 Å². The normalized spacial score (nSPS) is 11.8. The van der Waals surface area contributed by atoms with Crippen LogP contribution in [0.5, 0.6) is 0 Å². The minimum absolute atomic E-state index is 0.603. The van der Waals surface area contributed by atoms with Gasteiger partial charge in [0.15, 0.2) is 5.58 Å². The molecule has 0 aliphatic heterocycles. The van der Waals surface area contributed by atoms with Gasteiger partial charge in [0.05, 0.1) is 0 Å². The third kappa shape index (κ3) is 4.29. The van der Waals surface area contributed by atoms with Crippen molar-refractivity contribution < 1.29 is 13.3 Å². The van der Waals surface area contributed by atoms with Crippen LogP contribution in [0.15, 0.2) is 171 Å². The van der Waals surface area contributed by atoms with E-state index in [4.69, 9.17) is 18.2 Å². The maximum atomic E-state index is 6.27. The van der Waals surface area contributed by atoms with Gasteiger partial charge in [0.2, 0.25) is 5.89 Å². The van der Waals surface area contributed by atoms with Crippen molar-refractivity contribution >= 4 is 72.0 Å². The number of nitrogens with zero attached hydrogens (tertiary/aromatic N) is 2. The maximum absolute atomic E-state index is 6.27. The fourth-order valence-corrected chi connectivity index (χ4v) is 6.76. The van der Waals surface area contributed by atoms with Crippen molar-refractivity contribution in [2.24, 2.45) is 0 Å². The average molecular weight is 619 g/mol. The molecule has 48 heavy (non-hydrogen) atoms. The second-order valence-electron chi connectivity index (χ2n) is 12.0. The minimum Gasteiger partial charge on any atom is -0.456 e. The molecule has 10 rings (SSSR count). The molecule has 0 aliphatic carbocycles. The Labute approximate surface area is 274 Å². The highest BCUT2D eigenvalue weighted by molar-refractivity contribution is 6.10. The molecule has 0 saturated heterocycles. The molecule has 0 aliphatic rings. The lowest BCUT2D eigenvalue weighted by atomic mass is 10.0. The van der Waals surface area contributed by atoms with Gasteiger partial charge in [-0.1, -0.05) is 72.8 Å². The van der Waals surface area contributed by atoms with Crippen LogP contribution in [0.4, 0.5) is 17.1 Å². The van der Waals surface area contributed by atoms with Crippen LogP contribution in [-0.2, 0) is 0 Å². The molecule has 0 unspecified atom stereocenters. The largest absolute Gasteiger partial charge is 0.456 e. The van der Waals surface area contributed by atoms with Gasteiger partial charge in [0.25, 0.3) is 0 Å². The van der Waals surface area contributed by atoms with Gasteiger partial charge in [-0.3, -0.25) is 0 Å². The molecule has 3 heterocycles. The lowest BCUT2D eigenvalue weighted by Gasteiger charge is -2.25. The van der Waals surface area contributed by atoms with Crippen LogP contribution in [-0.4, -0.2) is 4.98 Å². The summed E-state index contributed by atoms with van der Waals surface area (Å²) in [5.74, 6) is 0.603. The van der Waals surface area contributed by atoms with Gasteiger partial charge >= 0.3 is 0 Å². The first kappa shape index (κ1) is 26.6. The zero-order valence-corrected chi connectivity index (χ0v) is 25.6. The number of oxazole rings is 1. The molecule has 0 fully saturated rings. The number of fused-ring (bicyclic) bond motifs is 7. The number of rotatable bonds is 5. The monoisotopic (exact) mass is 618 g/mol. The molecule has 7 aromatic carbocycles. The van der Waals surface area contributed by atoms with Crippen LogP contribution in [0.3, 0.4) is 0 Å². The number of hydrogen-bond donors (Lipinski definition) is 0. The van der Waals surface area contributed by atoms with Gasteiger partial charge in [0, 0.05) is 50.2 Å². The second-order valence-corrected chi connectivity index (χ2v) is 12.0. The summed E-state index contributed by atoms with van der Waals surface area (Å²) in [7, 11) is 0. The fraction of sp³-hybridized carbons (Fsp3) is 0. The molecule has 0 amide bonds. The molecule has 5 nitrogen and oxygen atoms in total. The first-order valence-corrected chi connectivity index (χ1v) is 15.9. The van der Waals surface area contributed by atoms with Crippen molar-refractivity contribution in [2.75, 3.05) is 4.90 Å². The Bertz CT molecular complexity index is 2770. The Balaban J connectivity index is 1.04. The van der Waals surface area contributed by atoms with E-state index in [1.54, 1.807) is 0 Å². The quantitative estimate of drug-likeness (QED) is 0.192. The van der Waals surface area contributed by atoms with Crippen molar-refractivity contribution in [3.05, 3.63) is 158 Å². The van der Waals surface area contributed by atoms with Gasteiger partial charge in [-0.25, -0.2) is 4.98 Å². The highest BCUT2D eigenvalue weighted by Crippen LogP contribution is 2.40. The zero-order valence-electron chi connectivity index (χ0n) is 25.6. The summed E-state index contributed by atoms with van der Waals surface area (Å²) in [4.78, 5) is 7.07. The molecular formula is C43H26N2O3. The van der Waals surface area contributed by atoms with Crippen molar-refractivity contribution in [3.63, 3.8) is 0 Å². The van der Waals surface area contributed by atoms with Crippen molar-refractivity contribution in [1.82, 2.24) is 4.98 Å². The summed E-state index contributed by atoms with van der Waals surface area (Å²) in [5.41, 5.74) is 11.3. The van der Waals surface area contributed by atoms with Crippen LogP contribution in [0.2, 0.25) is 0 Å². The maximum Gasteiger partial charge on any atom is 0.227 e. The predicted molar refractivity (Wildman–Crippen MR) is 194 cm³/mol. The second kappa shape index (κ2) is 10.5. The van der Waals surface area contributed by atoms with E-state index in [2.05, 4.69) is 102 Å². The van der Waals surface area contributed by atoms with E-state index in [1.165, 1.54) is 0 Å². The summed E-state index contributed by atoms with van der Waals surface area (Å²) in [5, 5.41) is 4.27. The summed E-state index contributed by atoms with van der Waals surface area (Å²) < 4.78 is 18.5. The van der Waals surface area contributed by atoms with E-state index in [-0.39, 0.29) is 0 Å². The third-order valence-corrected chi connectivity index (χ3v) is 9.09. The van der Waals surface area contributed by atoms with Crippen LogP contribution >= 0.6 is 0 Å². The number of aromatic nitrogens is 1. The Hall–Kier alpha value is -6.59. The molecule has 0 atom stereocenters. The molecule has 226 valence electrons. The van der Waals surface area contributed by atoms with Gasteiger partial charge in [-0.05, 0) is 90.0 Å². The van der Waals surface area contributed by atoms with Crippen LogP contribution in [0, 0.1) is 0 Å². The van der Waals surface area contributed by atoms with E-state index >= 15 is 0 Å². The number of anilines is 3. The first-order valence-electron chi connectivity index (χ1n) is 15.9. The Morgan fingerprint density at radius 3 is 1.79 bits per heavy atom. The lowest BCUT2D eigenvalue weighted by molar-refractivity contribution is 0.617. The van der Waals surface area contributed by atoms with E-state index in [0.717, 1.165) is 83.1 Å². The highest BCUT2D eigenvalue weighted by atomic mass is 16.4. The molecular weight excluding hydrogens is 592 g/mol. The lowest BCUT2D eigenvalue weighted by Crippen LogP contribution is -2.09. The summed E-state index contributed by atoms with van der Waals surface area (Å²) >= 11 is 0. The molecule has 0 N–H and O–H groups in total. The molecule has 3 aromatic heterocycles. The molecule has 0 saturated carbocycles. The van der Waals surface area contributed by atoms with Gasteiger partial charge in [-0.2, -0.15) is 0 Å². The Morgan fingerprint density at radius 2 is 0.958 bits per heavy atom. The van der Waals surface area contributed by atoms with Crippen LogP contribution in [0.25, 0.3) is 77.6 Å². The molecule has 5 heteroatoms. The molecule has 10 aromatic rings. The number of benzene rings is 7. The first-order chi connectivity index (χ1) is 23.7. The number of hydrogen-bond acceptors (Lipinski definition) is 5. The molecule has 0 bridgehead atoms. The molecule has 0 radical (unpaired) electrons. The van der Waals surface area contributed by atoms with Crippen molar-refractivity contribution in [1.29, 1.82) is 0 Å². The SMILES string of the molecule is c1ccc(-c2nc3cc4c(cc3o2)oc2ccc(-c3ccc(N(c5ccccc5)c5ccc6oc7ccccc7c6c5)cc3)cc24)cc1. The van der Waals surface area contributed by atoms with Crippen LogP contribution in [0.1, 0.15) is 0 Å². The average Bonchev–Trinajstić information content (AvgIpc) is 3.84. The summed E-state index contributed by atoms with van der Waals surface area (Å²) in [6.45, 7) is 0. The number of para-hydroxylation sites is 2. The van der Waals surface area contributed by atoms with Crippen LogP contribution < -0.4 is 4.90 Å². The number of furan rings is 2. The predicted octanol–water partition coefficient (Wildman–Crippen LogP) is 12.4. The van der Waals surface area contributed by atoms with E-state index in [0.29, 0.717) is 11.5 Å². The smallest absolute Gasteiger partial charge is 0.227 e. The Kier molecular flexibility index (Phi) is 5.81. The fourth-order valence-electron chi connectivity index (χ4n) is 6.76. The zero-order chi connectivity index (χ0) is 31.6. The topological polar surface area (TPSA) is 55.6 Å². The third-order valence-electron chi connectivity index (χ3n) is 9.09. The minimum atomic E-state index is 0.603. The van der Waals surface area contributed by atoms with Gasteiger partial charge in [0.1, 0.15) is 27.8 Å². The van der Waals surface area contributed by atoms with Crippen molar-refractivity contribution in [3.8, 4) is 22.6 Å². The van der Waals surface area contributed by atoms with E-state index in [9.17, 15) is 0 Å². The van der Waals surface area contributed by atoms with E-state index in [1.807, 2.05) is 60.7 Å².